The number of carbonyl (C=O) groups is 5. The number of nitrogens with two attached hydrogens (primary N) is 1. The summed E-state index contributed by atoms with van der Waals surface area (Å²) in [5.41, 5.74) is 8.07. The molecule has 8 atom stereocenters. The summed E-state index contributed by atoms with van der Waals surface area (Å²) in [6, 6.07) is 22.9. The first-order valence-corrected chi connectivity index (χ1v) is 30.0. The fourth-order valence-corrected chi connectivity index (χ4v) is 12.5. The molecule has 448 valence electrons. The molecule has 0 spiro atoms. The predicted octanol–water partition coefficient (Wildman–Crippen LogP) is 8.07. The van der Waals surface area contributed by atoms with Crippen molar-refractivity contribution in [3.63, 3.8) is 0 Å². The van der Waals surface area contributed by atoms with Gasteiger partial charge >= 0.3 is 30.3 Å². The fourth-order valence-electron chi connectivity index (χ4n) is 12.3. The molecule has 21 nitrogen and oxygen atoms in total. The van der Waals surface area contributed by atoms with Gasteiger partial charge in [-0.25, -0.2) is 33.9 Å². The molecule has 1 aromatic heterocycles. The van der Waals surface area contributed by atoms with Crippen molar-refractivity contribution in [2.24, 2.45) is 5.73 Å². The second-order valence-corrected chi connectivity index (χ2v) is 23.2. The third kappa shape index (κ3) is 16.3. The minimum Gasteiger partial charge on any atom is -0.445 e. The van der Waals surface area contributed by atoms with Crippen LogP contribution in [0.1, 0.15) is 115 Å². The number of nitrogens with zero attached hydrogens (tertiary/aromatic N) is 12. The van der Waals surface area contributed by atoms with E-state index in [1.165, 1.54) is 6.42 Å². The van der Waals surface area contributed by atoms with Gasteiger partial charge in [-0.1, -0.05) is 72.3 Å². The molecule has 7 fully saturated rings. The Morgan fingerprint density at radius 2 is 1.04 bits per heavy atom. The summed E-state index contributed by atoms with van der Waals surface area (Å²) in [7, 11) is 5.59. The maximum Gasteiger partial charge on any atom is 0.410 e. The molecule has 0 unspecified atom stereocenters. The number of hydrogen-bond donors (Lipinski definition) is 2. The minimum absolute atomic E-state index is 0.0347. The summed E-state index contributed by atoms with van der Waals surface area (Å²) < 4.78 is 10.8. The van der Waals surface area contributed by atoms with E-state index in [9.17, 15) is 24.0 Å². The maximum atomic E-state index is 12.5. The number of nitrogens with one attached hydrogen (secondary N) is 1. The van der Waals surface area contributed by atoms with Gasteiger partial charge in [-0.3, -0.25) is 0 Å². The Balaban J connectivity index is 0.000000160. The molecule has 8 amide bonds. The number of likely N-dealkylation sites (tertiary alicyclic amines) is 2. The lowest BCUT2D eigenvalue weighted by atomic mass is 9.95. The maximum absolute atomic E-state index is 12.5. The van der Waals surface area contributed by atoms with Gasteiger partial charge in [0.15, 0.2) is 10.8 Å². The number of aromatic nitrogens is 2. The summed E-state index contributed by atoms with van der Waals surface area (Å²) in [6.07, 6.45) is 12.1. The summed E-state index contributed by atoms with van der Waals surface area (Å²) in [5.74, 6) is 0.661. The molecule has 7 aliphatic heterocycles. The van der Waals surface area contributed by atoms with Crippen molar-refractivity contribution in [2.75, 3.05) is 91.5 Å². The lowest BCUT2D eigenvalue weighted by molar-refractivity contribution is 0.0286. The van der Waals surface area contributed by atoms with Gasteiger partial charge in [-0.15, -0.1) is 0 Å². The molecule has 10 rings (SSSR count). The van der Waals surface area contributed by atoms with Gasteiger partial charge in [0, 0.05) is 110 Å². The number of halogens is 1. The third-order valence-electron chi connectivity index (χ3n) is 17.3. The van der Waals surface area contributed by atoms with Gasteiger partial charge in [0.1, 0.15) is 25.1 Å². The van der Waals surface area contributed by atoms with Gasteiger partial charge in [-0.2, -0.15) is 5.26 Å². The Morgan fingerprint density at radius 3 is 1.52 bits per heavy atom. The number of anilines is 1. The number of urea groups is 3. The van der Waals surface area contributed by atoms with Gasteiger partial charge in [0.25, 0.3) is 0 Å². The molecule has 7 saturated heterocycles. The molecule has 3 aromatic rings. The third-order valence-corrected chi connectivity index (χ3v) is 17.5. The lowest BCUT2D eigenvalue weighted by Gasteiger charge is -2.47. The van der Waals surface area contributed by atoms with E-state index in [4.69, 9.17) is 32.1 Å². The van der Waals surface area contributed by atoms with Crippen molar-refractivity contribution in [1.82, 2.24) is 54.5 Å². The Morgan fingerprint density at radius 1 is 0.598 bits per heavy atom. The van der Waals surface area contributed by atoms with Crippen LogP contribution in [0.15, 0.2) is 66.9 Å². The topological polar surface area (TPSA) is 221 Å². The standard InChI is InChI=1S/C19H27N3O3.C16H21ClN6O.C14H20N2O2.C11H21N3O/c1-15-17(22-13-7-11-20(2)18(22)23)10-6-12-21(15)19(24)25-14-16-8-4-3-5-9-16;1-11-13(23-8-4-6-21(2)16(23)24)5-3-7-22(11)14-10-19-12(9-18)15(17)20-14;1-11-13(15)8-5-9-16(11)14(17)18-10-12-6-3-2-4-7-12;1-9-10(5-3-6-12-9)14-8-4-7-13(2)11(14)15/h3-5,8-9,15,17H,6-7,10-14H2,1-2H3;10-11,13H,3-8H2,1-2H3;2-4,6-7,11,13H,5,8-10,15H2,1H3;9-10,12H,3-8H2,1-2H3/t15-,17-;2*11-,13-;9-,10-/m1111/s1. The Hall–Kier alpha value is -6.63. The number of ether oxygens (including phenoxy) is 2. The Bertz CT molecular complexity index is 2600. The van der Waals surface area contributed by atoms with Crippen LogP contribution < -0.4 is 16.0 Å². The number of benzene rings is 2. The van der Waals surface area contributed by atoms with Crippen LogP contribution in [0.4, 0.5) is 29.8 Å². The summed E-state index contributed by atoms with van der Waals surface area (Å²) >= 11 is 6.03. The van der Waals surface area contributed by atoms with Crippen LogP contribution >= 0.6 is 11.6 Å². The van der Waals surface area contributed by atoms with E-state index in [1.807, 2.05) is 116 Å². The molecule has 2 aromatic carbocycles. The number of piperidine rings is 4. The van der Waals surface area contributed by atoms with Crippen molar-refractivity contribution in [3.05, 3.63) is 88.8 Å². The van der Waals surface area contributed by atoms with Gasteiger partial charge in [0.05, 0.1) is 24.3 Å². The van der Waals surface area contributed by atoms with Crippen LogP contribution in [0.25, 0.3) is 0 Å². The quantitative estimate of drug-likeness (QED) is 0.218. The average Bonchev–Trinajstić information content (AvgIpc) is 3.66. The minimum atomic E-state index is -0.293. The number of carbonyl (C=O) groups excluding carboxylic acids is 5. The summed E-state index contributed by atoms with van der Waals surface area (Å²) in [4.78, 5) is 86.9. The molecule has 8 heterocycles. The van der Waals surface area contributed by atoms with Gasteiger partial charge in [0.2, 0.25) is 0 Å². The van der Waals surface area contributed by atoms with Crippen LogP contribution in [0, 0.1) is 11.3 Å². The first-order valence-electron chi connectivity index (χ1n) is 29.7. The molecule has 0 aliphatic carbocycles. The van der Waals surface area contributed by atoms with Gasteiger partial charge < -0.3 is 64.6 Å². The smallest absolute Gasteiger partial charge is 0.410 e. The van der Waals surface area contributed by atoms with E-state index >= 15 is 0 Å². The zero-order valence-corrected chi connectivity index (χ0v) is 50.2. The van der Waals surface area contributed by atoms with E-state index < -0.39 is 0 Å². The second kappa shape index (κ2) is 30.6. The Kier molecular flexibility index (Phi) is 23.5. The number of hydrogen-bond acceptors (Lipinski definition) is 13. The van der Waals surface area contributed by atoms with E-state index in [1.54, 1.807) is 25.8 Å². The lowest BCUT2D eigenvalue weighted by Crippen LogP contribution is -2.60. The van der Waals surface area contributed by atoms with Gasteiger partial charge in [-0.05, 0) is 116 Å². The van der Waals surface area contributed by atoms with Crippen LogP contribution in [0.2, 0.25) is 5.15 Å². The molecule has 82 heavy (non-hydrogen) atoms. The van der Waals surface area contributed by atoms with Crippen LogP contribution in [0.5, 0.6) is 0 Å². The molecular formula is C60H89ClN14O7. The van der Waals surface area contributed by atoms with Crippen molar-refractivity contribution >= 4 is 47.7 Å². The van der Waals surface area contributed by atoms with Crippen molar-refractivity contribution in [1.29, 1.82) is 5.26 Å². The van der Waals surface area contributed by atoms with Crippen LogP contribution in [-0.2, 0) is 22.7 Å². The SMILES string of the molecule is C[C@@H]1[C@H](N)CCCN1C(=O)OCc1ccccc1.C[C@@H]1[C@H](N2CCCN(C)C2=O)CCCN1C(=O)OCc1ccccc1.C[C@@H]1[C@H](N2CCCN(C)C2=O)CCCN1c1cnc(C#N)c(Cl)n1.C[C@H]1NCCC[C@H]1N1CCCN(C)C1=O. The summed E-state index contributed by atoms with van der Waals surface area (Å²) in [5, 5.41) is 12.5. The average molecular weight is 1150 g/mol. The highest BCUT2D eigenvalue weighted by atomic mass is 35.5. The van der Waals surface area contributed by atoms with Crippen LogP contribution in [-0.4, -0.2) is 214 Å². The normalized spacial score (nSPS) is 26.0. The highest BCUT2D eigenvalue weighted by Crippen LogP contribution is 2.30. The molecule has 22 heteroatoms. The summed E-state index contributed by atoms with van der Waals surface area (Å²) in [6.45, 7) is 17.3. The first kappa shape index (κ1) is 63.0. The van der Waals surface area contributed by atoms with Crippen molar-refractivity contribution < 1.29 is 33.4 Å². The molecular weight excluding hydrogens is 1060 g/mol. The fraction of sp³-hybridized carbons (Fsp3) is 0.633. The number of nitriles is 1. The molecule has 0 bridgehead atoms. The highest BCUT2D eigenvalue weighted by molar-refractivity contribution is 6.30. The molecule has 7 aliphatic rings. The van der Waals surface area contributed by atoms with E-state index in [0.717, 1.165) is 134 Å². The van der Waals surface area contributed by atoms with Crippen LogP contribution in [0.3, 0.4) is 0 Å². The number of rotatable bonds is 8. The zero-order chi connectivity index (χ0) is 58.9. The molecule has 0 saturated carbocycles. The Labute approximate surface area is 490 Å². The van der Waals surface area contributed by atoms with E-state index in [0.29, 0.717) is 31.1 Å². The van der Waals surface area contributed by atoms with Crippen molar-refractivity contribution in [2.45, 2.75) is 160 Å². The molecule has 0 radical (unpaired) electrons. The monoisotopic (exact) mass is 1150 g/mol. The number of amides is 8. The van der Waals surface area contributed by atoms with Crippen molar-refractivity contribution in [3.8, 4) is 6.07 Å². The van der Waals surface area contributed by atoms with E-state index in [2.05, 4.69) is 38.9 Å². The largest absolute Gasteiger partial charge is 0.445 e. The van der Waals surface area contributed by atoms with E-state index in [-0.39, 0.29) is 84.0 Å². The second-order valence-electron chi connectivity index (χ2n) is 22.8. The molecule has 3 N–H and O–H groups in total. The first-order chi connectivity index (χ1) is 39.5. The predicted molar refractivity (Wildman–Crippen MR) is 316 cm³/mol. The zero-order valence-electron chi connectivity index (χ0n) is 49.4. The highest BCUT2D eigenvalue weighted by Gasteiger charge is 2.41.